The average molecular weight is 438 g/mol. The summed E-state index contributed by atoms with van der Waals surface area (Å²) >= 11 is 5.29. The van der Waals surface area contributed by atoms with Gasteiger partial charge in [0.05, 0.1) is 0 Å². The van der Waals surface area contributed by atoms with Gasteiger partial charge in [-0.05, 0) is 66.4 Å². The predicted molar refractivity (Wildman–Crippen MR) is 130 cm³/mol. The fourth-order valence-electron chi connectivity index (χ4n) is 3.71. The molecule has 31 heavy (non-hydrogen) atoms. The average Bonchev–Trinajstić information content (AvgIpc) is 2.74. The van der Waals surface area contributed by atoms with Crippen LogP contribution < -0.4 is 16.0 Å². The summed E-state index contributed by atoms with van der Waals surface area (Å²) in [5, 5.41) is 9.00. The Morgan fingerprint density at radius 1 is 0.903 bits per heavy atom. The normalized spacial score (nSPS) is 14.5. The van der Waals surface area contributed by atoms with E-state index in [0.717, 1.165) is 18.4 Å². The molecular weight excluding hydrogens is 406 g/mol. The Morgan fingerprint density at radius 3 is 2.23 bits per heavy atom. The second-order valence-electron chi connectivity index (χ2n) is 9.12. The minimum atomic E-state index is -0.274. The molecule has 0 atom stereocenters. The lowest BCUT2D eigenvalue weighted by Crippen LogP contribution is -2.36. The maximum atomic E-state index is 12.6. The number of amides is 2. The molecule has 2 amide bonds. The van der Waals surface area contributed by atoms with Crippen LogP contribution in [-0.4, -0.2) is 23.0 Å². The number of carbonyl (C=O) groups is 2. The van der Waals surface area contributed by atoms with Gasteiger partial charge >= 0.3 is 0 Å². The smallest absolute Gasteiger partial charge is 0.257 e. The number of carbonyl (C=O) groups excluding carboxylic acids is 2. The van der Waals surface area contributed by atoms with Crippen molar-refractivity contribution in [3.8, 4) is 0 Å². The molecule has 2 aromatic carbocycles. The van der Waals surface area contributed by atoms with Gasteiger partial charge in [-0.1, -0.05) is 58.2 Å². The van der Waals surface area contributed by atoms with Crippen molar-refractivity contribution in [2.24, 2.45) is 0 Å². The van der Waals surface area contributed by atoms with E-state index in [9.17, 15) is 9.59 Å². The lowest BCUT2D eigenvalue weighted by atomic mass is 9.87. The Morgan fingerprint density at radius 2 is 1.58 bits per heavy atom. The first-order chi connectivity index (χ1) is 14.7. The maximum Gasteiger partial charge on any atom is 0.257 e. The van der Waals surface area contributed by atoms with Gasteiger partial charge in [0.2, 0.25) is 0 Å². The van der Waals surface area contributed by atoms with Crippen molar-refractivity contribution in [2.45, 2.75) is 64.3 Å². The van der Waals surface area contributed by atoms with Crippen LogP contribution >= 0.6 is 12.2 Å². The highest BCUT2D eigenvalue weighted by atomic mass is 32.1. The Balaban J connectivity index is 1.57. The molecule has 3 N–H and O–H groups in total. The van der Waals surface area contributed by atoms with Crippen LogP contribution in [-0.2, 0) is 5.41 Å². The molecular formula is C25H31N3O2S. The van der Waals surface area contributed by atoms with Crippen molar-refractivity contribution in [1.82, 2.24) is 10.6 Å². The van der Waals surface area contributed by atoms with E-state index in [4.69, 9.17) is 12.2 Å². The molecule has 1 aliphatic rings. The van der Waals surface area contributed by atoms with Crippen molar-refractivity contribution in [3.63, 3.8) is 0 Å². The highest BCUT2D eigenvalue weighted by molar-refractivity contribution is 7.80. The molecule has 164 valence electrons. The molecule has 0 aliphatic heterocycles. The largest absolute Gasteiger partial charge is 0.349 e. The van der Waals surface area contributed by atoms with Crippen molar-refractivity contribution >= 4 is 34.8 Å². The summed E-state index contributed by atoms with van der Waals surface area (Å²) in [6.07, 6.45) is 5.65. The number of benzene rings is 2. The molecule has 0 spiro atoms. The van der Waals surface area contributed by atoms with Crippen LogP contribution in [0.15, 0.2) is 48.5 Å². The van der Waals surface area contributed by atoms with Gasteiger partial charge in [0.1, 0.15) is 0 Å². The topological polar surface area (TPSA) is 70.2 Å². The maximum absolute atomic E-state index is 12.6. The van der Waals surface area contributed by atoms with Gasteiger partial charge in [0, 0.05) is 22.9 Å². The summed E-state index contributed by atoms with van der Waals surface area (Å²) in [5.74, 6) is -0.353. The standard InChI is InChI=1S/C25H31N3O2S/c1-25(2,3)19-14-12-17(13-15-19)22(29)28-24(31)27-21-11-7-8-18(16-21)23(30)26-20-9-5-4-6-10-20/h7-8,11-16,20H,4-6,9-10H2,1-3H3,(H,26,30)(H2,27,28,29,31). The molecule has 6 heteroatoms. The van der Waals surface area contributed by atoms with Gasteiger partial charge in [-0.2, -0.15) is 0 Å². The molecule has 0 heterocycles. The van der Waals surface area contributed by atoms with Gasteiger partial charge in [-0.15, -0.1) is 0 Å². The summed E-state index contributed by atoms with van der Waals surface area (Å²) in [5.41, 5.74) is 2.96. The van der Waals surface area contributed by atoms with E-state index < -0.39 is 0 Å². The highest BCUT2D eigenvalue weighted by Gasteiger charge is 2.17. The van der Waals surface area contributed by atoms with Crippen LogP contribution in [0.5, 0.6) is 0 Å². The van der Waals surface area contributed by atoms with E-state index in [1.165, 1.54) is 19.3 Å². The molecule has 0 radical (unpaired) electrons. The van der Waals surface area contributed by atoms with Crippen LogP contribution in [0.2, 0.25) is 0 Å². The van der Waals surface area contributed by atoms with Gasteiger partial charge in [0.25, 0.3) is 11.8 Å². The molecule has 5 nitrogen and oxygen atoms in total. The minimum Gasteiger partial charge on any atom is -0.349 e. The summed E-state index contributed by atoms with van der Waals surface area (Å²) in [6.45, 7) is 6.39. The van der Waals surface area contributed by atoms with Crippen molar-refractivity contribution in [1.29, 1.82) is 0 Å². The Hall–Kier alpha value is -2.73. The second kappa shape index (κ2) is 10.1. The number of anilines is 1. The molecule has 0 saturated heterocycles. The monoisotopic (exact) mass is 437 g/mol. The van der Waals surface area contributed by atoms with Crippen LogP contribution in [0.25, 0.3) is 0 Å². The highest BCUT2D eigenvalue weighted by Crippen LogP contribution is 2.22. The first-order valence-electron chi connectivity index (χ1n) is 10.9. The second-order valence-corrected chi connectivity index (χ2v) is 9.53. The van der Waals surface area contributed by atoms with E-state index in [-0.39, 0.29) is 28.4 Å². The van der Waals surface area contributed by atoms with Crippen molar-refractivity contribution in [3.05, 3.63) is 65.2 Å². The lowest BCUT2D eigenvalue weighted by molar-refractivity contribution is 0.0926. The number of hydrogen-bond donors (Lipinski definition) is 3. The zero-order valence-corrected chi connectivity index (χ0v) is 19.3. The summed E-state index contributed by atoms with van der Waals surface area (Å²) in [4.78, 5) is 25.1. The third kappa shape index (κ3) is 6.62. The Labute approximate surface area is 190 Å². The van der Waals surface area contributed by atoms with Gasteiger partial charge in [-0.3, -0.25) is 14.9 Å². The third-order valence-corrected chi connectivity index (χ3v) is 5.77. The first-order valence-corrected chi connectivity index (χ1v) is 11.3. The Bertz CT molecular complexity index is 942. The van der Waals surface area contributed by atoms with Crippen LogP contribution in [0.4, 0.5) is 5.69 Å². The first kappa shape index (κ1) is 22.9. The molecule has 3 rings (SSSR count). The van der Waals surface area contributed by atoms with E-state index in [1.54, 1.807) is 30.3 Å². The molecule has 1 fully saturated rings. The van der Waals surface area contributed by atoms with Crippen molar-refractivity contribution in [2.75, 3.05) is 5.32 Å². The molecule has 1 aliphatic carbocycles. The fourth-order valence-corrected chi connectivity index (χ4v) is 3.92. The van der Waals surface area contributed by atoms with E-state index >= 15 is 0 Å². The predicted octanol–water partition coefficient (Wildman–Crippen LogP) is 5.17. The fraction of sp³-hybridized carbons (Fsp3) is 0.400. The zero-order valence-electron chi connectivity index (χ0n) is 18.5. The summed E-state index contributed by atoms with van der Waals surface area (Å²) < 4.78 is 0. The number of hydrogen-bond acceptors (Lipinski definition) is 3. The summed E-state index contributed by atoms with van der Waals surface area (Å²) in [6, 6.07) is 14.9. The van der Waals surface area contributed by atoms with Crippen LogP contribution in [0.3, 0.4) is 0 Å². The third-order valence-electron chi connectivity index (χ3n) is 5.56. The minimum absolute atomic E-state index is 0.0279. The van der Waals surface area contributed by atoms with Crippen LogP contribution in [0, 0.1) is 0 Å². The molecule has 0 aromatic heterocycles. The Kier molecular flexibility index (Phi) is 7.44. The molecule has 2 aromatic rings. The molecule has 0 unspecified atom stereocenters. The summed E-state index contributed by atoms with van der Waals surface area (Å²) in [7, 11) is 0. The van der Waals surface area contributed by atoms with E-state index in [0.29, 0.717) is 16.8 Å². The number of thiocarbonyl (C=S) groups is 1. The molecule has 0 bridgehead atoms. The van der Waals surface area contributed by atoms with Crippen LogP contribution in [0.1, 0.15) is 79.2 Å². The lowest BCUT2D eigenvalue weighted by Gasteiger charge is -2.22. The van der Waals surface area contributed by atoms with Gasteiger partial charge < -0.3 is 10.6 Å². The zero-order chi connectivity index (χ0) is 22.4. The van der Waals surface area contributed by atoms with Crippen molar-refractivity contribution < 1.29 is 9.59 Å². The number of nitrogens with one attached hydrogen (secondary N) is 3. The SMILES string of the molecule is CC(C)(C)c1ccc(C(=O)NC(=S)Nc2cccc(C(=O)NC3CCCCC3)c2)cc1. The van der Waals surface area contributed by atoms with E-state index in [2.05, 4.69) is 36.7 Å². The van der Waals surface area contributed by atoms with Gasteiger partial charge in [0.15, 0.2) is 5.11 Å². The number of rotatable bonds is 4. The van der Waals surface area contributed by atoms with Gasteiger partial charge in [-0.25, -0.2) is 0 Å². The quantitative estimate of drug-likeness (QED) is 0.577. The van der Waals surface area contributed by atoms with E-state index in [1.807, 2.05) is 18.2 Å². The molecule has 1 saturated carbocycles.